The van der Waals surface area contributed by atoms with Crippen LogP contribution in [0, 0.1) is 5.82 Å². The summed E-state index contributed by atoms with van der Waals surface area (Å²) in [5.41, 5.74) is 11.1. The van der Waals surface area contributed by atoms with Crippen molar-refractivity contribution in [2.45, 2.75) is 26.0 Å². The quantitative estimate of drug-likeness (QED) is 0.496. The van der Waals surface area contributed by atoms with Gasteiger partial charge in [0.1, 0.15) is 29.4 Å². The van der Waals surface area contributed by atoms with Crippen LogP contribution in [-0.4, -0.2) is 30.1 Å². The molecule has 7 nitrogen and oxygen atoms in total. The SMILES string of the molecule is CN=C(C(=O)NC(C)(C)C(N)=O)c1cc(OCc2ccccc2F)ccc1N. The van der Waals surface area contributed by atoms with E-state index < -0.39 is 17.4 Å². The Kier molecular flexibility index (Phi) is 6.35. The minimum Gasteiger partial charge on any atom is -0.489 e. The number of anilines is 1. The van der Waals surface area contributed by atoms with Crippen LogP contribution >= 0.6 is 0 Å². The summed E-state index contributed by atoms with van der Waals surface area (Å²) in [7, 11) is 1.43. The van der Waals surface area contributed by atoms with Crippen LogP contribution in [0.5, 0.6) is 5.75 Å². The number of halogens is 1. The fourth-order valence-electron chi connectivity index (χ4n) is 2.36. The van der Waals surface area contributed by atoms with Crippen molar-refractivity contribution in [3.05, 3.63) is 59.4 Å². The maximum Gasteiger partial charge on any atom is 0.270 e. The number of aliphatic imine (C=N–C) groups is 1. The standard InChI is InChI=1S/C20H23FN4O3/c1-20(2,19(23)27)25-18(26)17(24-3)14-10-13(8-9-16(14)22)28-11-12-6-4-5-7-15(12)21/h4-10H,11,22H2,1-3H3,(H2,23,27)(H,25,26). The van der Waals surface area contributed by atoms with Gasteiger partial charge in [0.2, 0.25) is 5.91 Å². The zero-order chi connectivity index (χ0) is 20.9. The molecule has 2 aromatic carbocycles. The summed E-state index contributed by atoms with van der Waals surface area (Å²) in [5.74, 6) is -1.28. The molecule has 0 radical (unpaired) electrons. The molecular formula is C20H23FN4O3. The molecule has 0 aliphatic rings. The van der Waals surface area contributed by atoms with Crippen molar-refractivity contribution in [1.82, 2.24) is 5.32 Å². The Morgan fingerprint density at radius 1 is 1.21 bits per heavy atom. The molecule has 0 aliphatic heterocycles. The number of rotatable bonds is 7. The van der Waals surface area contributed by atoms with Gasteiger partial charge in [-0.1, -0.05) is 18.2 Å². The zero-order valence-corrected chi connectivity index (χ0v) is 16.0. The minimum absolute atomic E-state index is 0.00946. The average molecular weight is 386 g/mol. The van der Waals surface area contributed by atoms with Gasteiger partial charge in [-0.2, -0.15) is 0 Å². The van der Waals surface area contributed by atoms with Gasteiger partial charge < -0.3 is 21.5 Å². The lowest BCUT2D eigenvalue weighted by atomic mass is 10.0. The van der Waals surface area contributed by atoms with E-state index in [0.717, 1.165) is 0 Å². The zero-order valence-electron chi connectivity index (χ0n) is 16.0. The maximum atomic E-state index is 13.7. The van der Waals surface area contributed by atoms with Gasteiger partial charge in [0.05, 0.1) is 0 Å². The third-order valence-electron chi connectivity index (χ3n) is 4.11. The van der Waals surface area contributed by atoms with Gasteiger partial charge in [-0.3, -0.25) is 14.6 Å². The summed E-state index contributed by atoms with van der Waals surface area (Å²) >= 11 is 0. The van der Waals surface area contributed by atoms with Crippen molar-refractivity contribution in [3.8, 4) is 5.75 Å². The fourth-order valence-corrected chi connectivity index (χ4v) is 2.36. The van der Waals surface area contributed by atoms with Crippen LogP contribution in [0.25, 0.3) is 0 Å². The van der Waals surface area contributed by atoms with E-state index in [4.69, 9.17) is 16.2 Å². The van der Waals surface area contributed by atoms with Crippen molar-refractivity contribution < 1.29 is 18.7 Å². The molecule has 0 spiro atoms. The monoisotopic (exact) mass is 386 g/mol. The number of hydrogen-bond donors (Lipinski definition) is 3. The average Bonchev–Trinajstić information content (AvgIpc) is 2.63. The van der Waals surface area contributed by atoms with Crippen molar-refractivity contribution in [2.75, 3.05) is 12.8 Å². The topological polar surface area (TPSA) is 120 Å². The van der Waals surface area contributed by atoms with Crippen LogP contribution in [0.4, 0.5) is 10.1 Å². The van der Waals surface area contributed by atoms with E-state index in [1.807, 2.05) is 0 Å². The van der Waals surface area contributed by atoms with E-state index >= 15 is 0 Å². The highest BCUT2D eigenvalue weighted by Gasteiger charge is 2.29. The third kappa shape index (κ3) is 4.85. The van der Waals surface area contributed by atoms with Crippen LogP contribution in [0.1, 0.15) is 25.0 Å². The van der Waals surface area contributed by atoms with Crippen molar-refractivity contribution in [3.63, 3.8) is 0 Å². The fraction of sp³-hybridized carbons (Fsp3) is 0.250. The Morgan fingerprint density at radius 3 is 2.50 bits per heavy atom. The van der Waals surface area contributed by atoms with Gasteiger partial charge in [-0.15, -0.1) is 0 Å². The Morgan fingerprint density at radius 2 is 1.89 bits per heavy atom. The number of nitrogens with one attached hydrogen (secondary N) is 1. The van der Waals surface area contributed by atoms with E-state index in [2.05, 4.69) is 10.3 Å². The molecule has 148 valence electrons. The first-order valence-corrected chi connectivity index (χ1v) is 8.51. The van der Waals surface area contributed by atoms with Crippen molar-refractivity contribution in [1.29, 1.82) is 0 Å². The van der Waals surface area contributed by atoms with Crippen LogP contribution in [0.2, 0.25) is 0 Å². The number of carbonyl (C=O) groups is 2. The second-order valence-corrected chi connectivity index (χ2v) is 6.64. The number of hydrogen-bond acceptors (Lipinski definition) is 5. The van der Waals surface area contributed by atoms with Gasteiger partial charge in [0.25, 0.3) is 5.91 Å². The van der Waals surface area contributed by atoms with Crippen molar-refractivity contribution in [2.24, 2.45) is 10.7 Å². The molecule has 0 aromatic heterocycles. The normalized spacial score (nSPS) is 11.8. The number of benzene rings is 2. The lowest BCUT2D eigenvalue weighted by Crippen LogP contribution is -2.54. The molecule has 2 aromatic rings. The molecule has 0 bridgehead atoms. The highest BCUT2D eigenvalue weighted by atomic mass is 19.1. The van der Waals surface area contributed by atoms with Gasteiger partial charge in [-0.25, -0.2) is 4.39 Å². The smallest absolute Gasteiger partial charge is 0.270 e. The molecule has 0 saturated heterocycles. The van der Waals surface area contributed by atoms with Crippen LogP contribution < -0.4 is 21.5 Å². The molecule has 0 fully saturated rings. The lowest BCUT2D eigenvalue weighted by Gasteiger charge is -2.23. The predicted molar refractivity (Wildman–Crippen MR) is 105 cm³/mol. The maximum absolute atomic E-state index is 13.7. The minimum atomic E-state index is -1.26. The number of amides is 2. The van der Waals surface area contributed by atoms with Gasteiger partial charge in [-0.05, 0) is 38.1 Å². The van der Waals surface area contributed by atoms with E-state index in [1.54, 1.807) is 30.3 Å². The number of nitrogen functional groups attached to an aromatic ring is 1. The molecule has 0 aliphatic carbocycles. The molecule has 0 heterocycles. The van der Waals surface area contributed by atoms with Crippen LogP contribution in [0.3, 0.4) is 0 Å². The summed E-state index contributed by atoms with van der Waals surface area (Å²) < 4.78 is 19.4. The molecule has 0 unspecified atom stereocenters. The molecule has 2 amide bonds. The Balaban J connectivity index is 2.24. The predicted octanol–water partition coefficient (Wildman–Crippen LogP) is 1.79. The second-order valence-electron chi connectivity index (χ2n) is 6.64. The Bertz CT molecular complexity index is 925. The number of primary amides is 1. The van der Waals surface area contributed by atoms with Gasteiger partial charge in [0, 0.05) is 23.9 Å². The third-order valence-corrected chi connectivity index (χ3v) is 4.11. The number of ether oxygens (including phenoxy) is 1. The Hall–Kier alpha value is -3.42. The summed E-state index contributed by atoms with van der Waals surface area (Å²) in [6, 6.07) is 11.0. The summed E-state index contributed by atoms with van der Waals surface area (Å²) in [4.78, 5) is 28.0. The van der Waals surface area contributed by atoms with E-state index in [1.165, 1.54) is 33.0 Å². The molecule has 8 heteroatoms. The first-order valence-electron chi connectivity index (χ1n) is 8.51. The van der Waals surface area contributed by atoms with Crippen LogP contribution in [0.15, 0.2) is 47.5 Å². The van der Waals surface area contributed by atoms with Gasteiger partial charge >= 0.3 is 0 Å². The highest BCUT2D eigenvalue weighted by Crippen LogP contribution is 2.22. The van der Waals surface area contributed by atoms with E-state index in [-0.39, 0.29) is 18.1 Å². The highest BCUT2D eigenvalue weighted by molar-refractivity contribution is 6.46. The van der Waals surface area contributed by atoms with E-state index in [9.17, 15) is 14.0 Å². The molecule has 5 N–H and O–H groups in total. The molecular weight excluding hydrogens is 363 g/mol. The summed E-state index contributed by atoms with van der Waals surface area (Å²) in [5, 5.41) is 2.53. The van der Waals surface area contributed by atoms with E-state index in [0.29, 0.717) is 22.6 Å². The van der Waals surface area contributed by atoms with Gasteiger partial charge in [0.15, 0.2) is 0 Å². The lowest BCUT2D eigenvalue weighted by molar-refractivity contribution is -0.127. The number of nitrogens with two attached hydrogens (primary N) is 2. The number of carbonyl (C=O) groups excluding carboxylic acids is 2. The Labute approximate surface area is 162 Å². The molecule has 2 rings (SSSR count). The first-order chi connectivity index (χ1) is 13.2. The molecule has 0 saturated carbocycles. The number of nitrogens with zero attached hydrogens (tertiary/aromatic N) is 1. The molecule has 28 heavy (non-hydrogen) atoms. The molecule has 0 atom stereocenters. The van der Waals surface area contributed by atoms with Crippen LogP contribution in [-0.2, 0) is 16.2 Å². The summed E-state index contributed by atoms with van der Waals surface area (Å²) in [6.45, 7) is 2.98. The first kappa shape index (κ1) is 20.9. The second kappa shape index (κ2) is 8.51. The summed E-state index contributed by atoms with van der Waals surface area (Å²) in [6.07, 6.45) is 0. The largest absolute Gasteiger partial charge is 0.489 e. The van der Waals surface area contributed by atoms with Crippen molar-refractivity contribution >= 4 is 23.2 Å².